The zero-order chi connectivity index (χ0) is 24.8. The van der Waals surface area contributed by atoms with Crippen molar-refractivity contribution in [1.82, 2.24) is 5.01 Å². The number of allylic oxidation sites excluding steroid dienone is 1. The summed E-state index contributed by atoms with van der Waals surface area (Å²) in [4.78, 5) is 38.1. The molecule has 0 spiro atoms. The summed E-state index contributed by atoms with van der Waals surface area (Å²) in [7, 11) is 3.94. The van der Waals surface area contributed by atoms with Crippen LogP contribution in [0.1, 0.15) is 29.3 Å². The van der Waals surface area contributed by atoms with Gasteiger partial charge in [-0.05, 0) is 55.0 Å². The summed E-state index contributed by atoms with van der Waals surface area (Å²) in [6.45, 7) is 1.73. The van der Waals surface area contributed by atoms with Crippen LogP contribution >= 0.6 is 11.8 Å². The van der Waals surface area contributed by atoms with Crippen molar-refractivity contribution in [3.8, 4) is 0 Å². The molecule has 0 radical (unpaired) electrons. The second-order valence-corrected chi connectivity index (χ2v) is 8.95. The number of thioether (sulfide) groups is 1. The predicted octanol–water partition coefficient (Wildman–Crippen LogP) is 3.75. The second-order valence-electron chi connectivity index (χ2n) is 7.75. The molecular formula is C24H25N5O4S. The minimum atomic E-state index is -1.06. The Morgan fingerprint density at radius 2 is 1.82 bits per heavy atom. The highest BCUT2D eigenvalue weighted by atomic mass is 32.2. The first kappa shape index (κ1) is 24.7. The molecule has 1 atom stereocenters. The molecule has 0 aliphatic carbocycles. The van der Waals surface area contributed by atoms with Gasteiger partial charge in [-0.1, -0.05) is 30.0 Å². The fourth-order valence-electron chi connectivity index (χ4n) is 3.04. The van der Waals surface area contributed by atoms with E-state index >= 15 is 0 Å². The molecule has 0 saturated carbocycles. The molecule has 176 valence electrons. The molecule has 3 N–H and O–H groups in total. The quantitative estimate of drug-likeness (QED) is 0.519. The van der Waals surface area contributed by atoms with Crippen molar-refractivity contribution >= 4 is 57.9 Å². The molecule has 1 aliphatic heterocycles. The second kappa shape index (κ2) is 10.8. The number of rotatable bonds is 7. The SMILES string of the molecule is CC(/C=C/c1ccc(N(C)C)cc1)=N\N1C(=N)S[C@@H](C(=O)Nc2ccc(C(=O)O)cc2)CC1=O. The van der Waals surface area contributed by atoms with Gasteiger partial charge < -0.3 is 15.3 Å². The van der Waals surface area contributed by atoms with E-state index in [2.05, 4.69) is 10.4 Å². The lowest BCUT2D eigenvalue weighted by atomic mass is 10.1. The fraction of sp³-hybridized carbons (Fsp3) is 0.208. The highest BCUT2D eigenvalue weighted by Gasteiger charge is 2.35. The maximum absolute atomic E-state index is 12.6. The van der Waals surface area contributed by atoms with Gasteiger partial charge in [0.1, 0.15) is 5.25 Å². The Bertz CT molecular complexity index is 1140. The van der Waals surface area contributed by atoms with Gasteiger partial charge in [0.2, 0.25) is 5.91 Å². The Balaban J connectivity index is 1.60. The van der Waals surface area contributed by atoms with E-state index in [1.54, 1.807) is 13.0 Å². The van der Waals surface area contributed by atoms with Crippen molar-refractivity contribution in [2.45, 2.75) is 18.6 Å². The molecule has 9 nitrogen and oxygen atoms in total. The summed E-state index contributed by atoms with van der Waals surface area (Å²) >= 11 is 0.941. The van der Waals surface area contributed by atoms with E-state index in [4.69, 9.17) is 10.5 Å². The third-order valence-electron chi connectivity index (χ3n) is 4.92. The number of hydrogen-bond acceptors (Lipinski definition) is 7. The number of amides is 2. The standard InChI is InChI=1S/C24H25N5O4S/c1-15(4-5-16-6-12-19(13-7-16)28(2)3)27-29-21(30)14-20(34-24(29)25)22(31)26-18-10-8-17(9-11-18)23(32)33/h4-13,20,25H,14H2,1-3H3,(H,26,31)(H,32,33)/b5-4+,25-24?,27-15+/t20-/m1/s1. The van der Waals surface area contributed by atoms with Gasteiger partial charge in [0.15, 0.2) is 5.17 Å². The predicted molar refractivity (Wildman–Crippen MR) is 136 cm³/mol. The average molecular weight is 480 g/mol. The molecule has 1 heterocycles. The van der Waals surface area contributed by atoms with Crippen molar-refractivity contribution in [1.29, 1.82) is 5.41 Å². The van der Waals surface area contributed by atoms with Gasteiger partial charge in [-0.15, -0.1) is 0 Å². The summed E-state index contributed by atoms with van der Waals surface area (Å²) in [5.41, 5.74) is 3.11. The largest absolute Gasteiger partial charge is 0.478 e. The Kier molecular flexibility index (Phi) is 7.85. The van der Waals surface area contributed by atoms with Gasteiger partial charge in [-0.25, -0.2) is 4.79 Å². The number of nitrogens with zero attached hydrogens (tertiary/aromatic N) is 3. The lowest BCUT2D eigenvalue weighted by molar-refractivity contribution is -0.129. The molecule has 2 aromatic carbocycles. The molecular weight excluding hydrogens is 454 g/mol. The number of amidine groups is 1. The summed E-state index contributed by atoms with van der Waals surface area (Å²) in [5.74, 6) is -1.95. The molecule has 0 aromatic heterocycles. The molecule has 0 bridgehead atoms. The van der Waals surface area contributed by atoms with Crippen LogP contribution in [0.25, 0.3) is 6.08 Å². The number of aromatic carboxylic acids is 1. The van der Waals surface area contributed by atoms with Crippen molar-refractivity contribution < 1.29 is 19.5 Å². The van der Waals surface area contributed by atoms with Gasteiger partial charge >= 0.3 is 5.97 Å². The van der Waals surface area contributed by atoms with Crippen LogP contribution in [0.3, 0.4) is 0 Å². The third kappa shape index (κ3) is 6.32. The number of nitrogens with one attached hydrogen (secondary N) is 2. The lowest BCUT2D eigenvalue weighted by Gasteiger charge is -2.27. The Hall–Kier alpha value is -3.92. The number of anilines is 2. The van der Waals surface area contributed by atoms with Crippen LogP contribution in [0.2, 0.25) is 0 Å². The van der Waals surface area contributed by atoms with Crippen LogP contribution in [0.4, 0.5) is 11.4 Å². The monoisotopic (exact) mass is 479 g/mol. The highest BCUT2D eigenvalue weighted by Crippen LogP contribution is 2.27. The number of benzene rings is 2. The summed E-state index contributed by atoms with van der Waals surface area (Å²) in [5, 5.41) is 24.1. The zero-order valence-electron chi connectivity index (χ0n) is 19.0. The smallest absolute Gasteiger partial charge is 0.335 e. The molecule has 2 aromatic rings. The summed E-state index contributed by atoms with van der Waals surface area (Å²) in [6.07, 6.45) is 3.52. The minimum absolute atomic E-state index is 0.102. The Morgan fingerprint density at radius 1 is 1.18 bits per heavy atom. The van der Waals surface area contributed by atoms with E-state index < -0.39 is 23.0 Å². The van der Waals surface area contributed by atoms with Crippen LogP contribution in [-0.2, 0) is 9.59 Å². The van der Waals surface area contributed by atoms with E-state index in [0.717, 1.165) is 28.0 Å². The van der Waals surface area contributed by atoms with Gasteiger partial charge in [0.05, 0.1) is 17.7 Å². The van der Waals surface area contributed by atoms with Crippen LogP contribution in [0.5, 0.6) is 0 Å². The normalized spacial score (nSPS) is 16.6. The van der Waals surface area contributed by atoms with Crippen molar-refractivity contribution in [2.24, 2.45) is 5.10 Å². The van der Waals surface area contributed by atoms with Crippen LogP contribution in [0.15, 0.2) is 59.7 Å². The van der Waals surface area contributed by atoms with Crippen LogP contribution in [-0.4, -0.2) is 58.1 Å². The molecule has 1 fully saturated rings. The van der Waals surface area contributed by atoms with E-state index in [1.807, 2.05) is 49.3 Å². The molecule has 1 aliphatic rings. The van der Waals surface area contributed by atoms with E-state index in [-0.39, 0.29) is 17.2 Å². The highest BCUT2D eigenvalue weighted by molar-refractivity contribution is 8.14. The average Bonchev–Trinajstić information content (AvgIpc) is 2.80. The first-order valence-electron chi connectivity index (χ1n) is 10.4. The molecule has 34 heavy (non-hydrogen) atoms. The van der Waals surface area contributed by atoms with E-state index in [1.165, 1.54) is 24.3 Å². The number of carbonyl (C=O) groups is 3. The summed E-state index contributed by atoms with van der Waals surface area (Å²) in [6, 6.07) is 13.6. The molecule has 2 amide bonds. The maximum atomic E-state index is 12.6. The number of carboxylic acids is 1. The Morgan fingerprint density at radius 3 is 2.38 bits per heavy atom. The van der Waals surface area contributed by atoms with Crippen molar-refractivity contribution in [2.75, 3.05) is 24.3 Å². The third-order valence-corrected chi connectivity index (χ3v) is 5.98. The summed E-state index contributed by atoms with van der Waals surface area (Å²) < 4.78 is 0. The number of hydrazone groups is 1. The number of hydrogen-bond donors (Lipinski definition) is 3. The van der Waals surface area contributed by atoms with Gasteiger partial charge in [-0.3, -0.25) is 15.0 Å². The molecule has 0 unspecified atom stereocenters. The molecule has 10 heteroatoms. The van der Waals surface area contributed by atoms with Gasteiger partial charge in [0, 0.05) is 25.5 Å². The molecule has 1 saturated heterocycles. The van der Waals surface area contributed by atoms with Gasteiger partial charge in [-0.2, -0.15) is 10.1 Å². The number of carbonyl (C=O) groups excluding carboxylic acids is 2. The Labute approximate surface area is 201 Å². The van der Waals surface area contributed by atoms with Crippen molar-refractivity contribution in [3.63, 3.8) is 0 Å². The van der Waals surface area contributed by atoms with Crippen LogP contribution in [0, 0.1) is 5.41 Å². The van der Waals surface area contributed by atoms with Crippen molar-refractivity contribution in [3.05, 3.63) is 65.7 Å². The van der Waals surface area contributed by atoms with Crippen LogP contribution < -0.4 is 10.2 Å². The first-order valence-corrected chi connectivity index (χ1v) is 11.2. The van der Waals surface area contributed by atoms with Gasteiger partial charge in [0.25, 0.3) is 5.91 Å². The van der Waals surface area contributed by atoms with E-state index in [0.29, 0.717) is 11.4 Å². The zero-order valence-corrected chi connectivity index (χ0v) is 19.8. The van der Waals surface area contributed by atoms with E-state index in [9.17, 15) is 14.4 Å². The number of carboxylic acid groups (broad SMARTS) is 1. The topological polar surface area (TPSA) is 126 Å². The first-order chi connectivity index (χ1) is 16.1. The minimum Gasteiger partial charge on any atom is -0.478 e. The fourth-order valence-corrected chi connectivity index (χ4v) is 3.95. The molecule has 3 rings (SSSR count). The maximum Gasteiger partial charge on any atom is 0.335 e. The lowest BCUT2D eigenvalue weighted by Crippen LogP contribution is -2.42.